The number of carboxylic acid groups (broad SMARTS) is 1. The minimum atomic E-state index is -1.00. The summed E-state index contributed by atoms with van der Waals surface area (Å²) < 4.78 is 1.41. The average Bonchev–Trinajstić information content (AvgIpc) is 2.59. The van der Waals surface area contributed by atoms with Crippen LogP contribution in [-0.2, 0) is 11.8 Å². The smallest absolute Gasteiger partial charge is 0.343 e. The van der Waals surface area contributed by atoms with Gasteiger partial charge in [0.25, 0.3) is 0 Å². The Labute approximate surface area is 122 Å². The van der Waals surface area contributed by atoms with E-state index in [0.717, 1.165) is 0 Å². The molecule has 1 rings (SSSR count). The molecule has 1 aromatic rings. The third kappa shape index (κ3) is 4.11. The first-order valence-electron chi connectivity index (χ1n) is 6.45. The van der Waals surface area contributed by atoms with Crippen LogP contribution in [0.1, 0.15) is 34.1 Å². The van der Waals surface area contributed by atoms with Gasteiger partial charge in [-0.3, -0.25) is 14.7 Å². The minimum absolute atomic E-state index is 0.00347. The average molecular weight is 302 g/mol. The lowest BCUT2D eigenvalue weighted by molar-refractivity contribution is -0.144. The highest BCUT2D eigenvalue weighted by Crippen LogP contribution is 2.27. The SMILES string of the molecule is CC(C)NC(C)(CC(C)Sc1n[nH]c(=O)n1C)C(=O)O. The number of H-pyrrole nitrogens is 1. The van der Waals surface area contributed by atoms with Crippen molar-refractivity contribution < 1.29 is 9.90 Å². The number of carbonyl (C=O) groups is 1. The Morgan fingerprint density at radius 1 is 1.55 bits per heavy atom. The summed E-state index contributed by atoms with van der Waals surface area (Å²) in [7, 11) is 1.63. The molecule has 7 nitrogen and oxygen atoms in total. The zero-order chi connectivity index (χ0) is 15.5. The number of thioether (sulfide) groups is 1. The number of carboxylic acids is 1. The number of hydrogen-bond donors (Lipinski definition) is 3. The maximum atomic E-state index is 11.5. The number of aromatic nitrogens is 3. The van der Waals surface area contributed by atoms with E-state index in [1.54, 1.807) is 14.0 Å². The van der Waals surface area contributed by atoms with Gasteiger partial charge >= 0.3 is 11.7 Å². The standard InChI is InChI=1S/C12H22N4O3S/c1-7(2)13-12(4,9(17)18)6-8(3)20-11-15-14-10(19)16(11)5/h7-8,13H,6H2,1-5H3,(H,14,19)(H,17,18). The molecule has 0 saturated carbocycles. The monoisotopic (exact) mass is 302 g/mol. The molecule has 2 atom stereocenters. The second-order valence-corrected chi connectivity index (χ2v) is 6.84. The van der Waals surface area contributed by atoms with Crippen LogP contribution in [-0.4, -0.2) is 42.7 Å². The predicted octanol–water partition coefficient (Wildman–Crippen LogP) is 0.820. The quantitative estimate of drug-likeness (QED) is 0.645. The first kappa shape index (κ1) is 16.8. The molecule has 0 saturated heterocycles. The molecular formula is C12H22N4O3S. The Morgan fingerprint density at radius 3 is 2.55 bits per heavy atom. The molecule has 0 spiro atoms. The van der Waals surface area contributed by atoms with Gasteiger partial charge in [0.2, 0.25) is 0 Å². The summed E-state index contributed by atoms with van der Waals surface area (Å²) in [5.74, 6) is -0.880. The van der Waals surface area contributed by atoms with Crippen LogP contribution in [0.25, 0.3) is 0 Å². The number of rotatable bonds is 7. The molecule has 0 aliphatic heterocycles. The maximum absolute atomic E-state index is 11.5. The van der Waals surface area contributed by atoms with Crippen molar-refractivity contribution in [2.75, 3.05) is 0 Å². The summed E-state index contributed by atoms with van der Waals surface area (Å²) in [4.78, 5) is 22.8. The fourth-order valence-corrected chi connectivity index (χ4v) is 3.20. The van der Waals surface area contributed by atoms with Crippen LogP contribution in [0.4, 0.5) is 0 Å². The van der Waals surface area contributed by atoms with E-state index in [-0.39, 0.29) is 17.0 Å². The number of aliphatic carboxylic acids is 1. The first-order chi connectivity index (χ1) is 9.15. The van der Waals surface area contributed by atoms with E-state index in [9.17, 15) is 14.7 Å². The van der Waals surface area contributed by atoms with E-state index in [2.05, 4.69) is 15.5 Å². The van der Waals surface area contributed by atoms with Gasteiger partial charge in [0.05, 0.1) is 0 Å². The highest BCUT2D eigenvalue weighted by molar-refractivity contribution is 7.99. The van der Waals surface area contributed by atoms with Gasteiger partial charge in [-0.1, -0.05) is 18.7 Å². The van der Waals surface area contributed by atoms with Crippen LogP contribution in [0.3, 0.4) is 0 Å². The van der Waals surface area contributed by atoms with E-state index in [1.165, 1.54) is 16.3 Å². The second-order valence-electron chi connectivity index (χ2n) is 5.44. The predicted molar refractivity (Wildman–Crippen MR) is 78.1 cm³/mol. The van der Waals surface area contributed by atoms with Gasteiger partial charge in [0.1, 0.15) is 5.54 Å². The fourth-order valence-electron chi connectivity index (χ4n) is 2.08. The molecule has 0 radical (unpaired) electrons. The Kier molecular flexibility index (Phi) is 5.41. The first-order valence-corrected chi connectivity index (χ1v) is 7.33. The molecule has 1 aromatic heterocycles. The van der Waals surface area contributed by atoms with Crippen molar-refractivity contribution in [1.29, 1.82) is 0 Å². The number of aromatic amines is 1. The molecule has 1 heterocycles. The van der Waals surface area contributed by atoms with E-state index >= 15 is 0 Å². The zero-order valence-corrected chi connectivity index (χ0v) is 13.2. The molecule has 2 unspecified atom stereocenters. The van der Waals surface area contributed by atoms with E-state index in [4.69, 9.17) is 0 Å². The Morgan fingerprint density at radius 2 is 2.15 bits per heavy atom. The third-order valence-corrected chi connectivity index (χ3v) is 4.07. The molecule has 0 aliphatic carbocycles. The Hall–Kier alpha value is -1.28. The lowest BCUT2D eigenvalue weighted by atomic mass is 9.95. The maximum Gasteiger partial charge on any atom is 0.343 e. The van der Waals surface area contributed by atoms with Crippen molar-refractivity contribution >= 4 is 17.7 Å². The second kappa shape index (κ2) is 6.45. The van der Waals surface area contributed by atoms with Crippen LogP contribution in [0.5, 0.6) is 0 Å². The lowest BCUT2D eigenvalue weighted by Crippen LogP contribution is -2.53. The number of nitrogens with zero attached hydrogens (tertiary/aromatic N) is 2. The summed E-state index contributed by atoms with van der Waals surface area (Å²) in [5, 5.41) is 19.3. The van der Waals surface area contributed by atoms with Gasteiger partial charge in [-0.25, -0.2) is 9.89 Å². The molecular weight excluding hydrogens is 280 g/mol. The Balaban J connectivity index is 2.76. The minimum Gasteiger partial charge on any atom is -0.480 e. The van der Waals surface area contributed by atoms with Crippen molar-refractivity contribution in [2.45, 2.75) is 56.1 Å². The largest absolute Gasteiger partial charge is 0.480 e. The molecule has 8 heteroatoms. The van der Waals surface area contributed by atoms with E-state index in [1.807, 2.05) is 20.8 Å². The van der Waals surface area contributed by atoms with Crippen LogP contribution >= 0.6 is 11.8 Å². The van der Waals surface area contributed by atoms with Crippen molar-refractivity contribution in [1.82, 2.24) is 20.1 Å². The topological polar surface area (TPSA) is 100 Å². The zero-order valence-electron chi connectivity index (χ0n) is 12.4. The molecule has 0 fully saturated rings. The van der Waals surface area contributed by atoms with Gasteiger partial charge in [-0.15, -0.1) is 5.10 Å². The highest BCUT2D eigenvalue weighted by Gasteiger charge is 2.35. The number of hydrogen-bond acceptors (Lipinski definition) is 5. The summed E-state index contributed by atoms with van der Waals surface area (Å²) in [6, 6.07) is 0.0723. The van der Waals surface area contributed by atoms with Crippen molar-refractivity contribution in [2.24, 2.45) is 7.05 Å². The van der Waals surface area contributed by atoms with Crippen molar-refractivity contribution in [3.63, 3.8) is 0 Å². The normalized spacial score (nSPS) is 16.1. The molecule has 20 heavy (non-hydrogen) atoms. The Bertz CT molecular complexity index is 525. The van der Waals surface area contributed by atoms with Gasteiger partial charge in [-0.05, 0) is 27.2 Å². The van der Waals surface area contributed by atoms with Gasteiger partial charge in [-0.2, -0.15) is 0 Å². The van der Waals surface area contributed by atoms with E-state index < -0.39 is 11.5 Å². The molecule has 3 N–H and O–H groups in total. The van der Waals surface area contributed by atoms with Crippen molar-refractivity contribution in [3.05, 3.63) is 10.5 Å². The third-order valence-electron chi connectivity index (χ3n) is 2.92. The van der Waals surface area contributed by atoms with Gasteiger partial charge < -0.3 is 5.11 Å². The van der Waals surface area contributed by atoms with Crippen LogP contribution in [0.2, 0.25) is 0 Å². The molecule has 0 aliphatic rings. The number of nitrogens with one attached hydrogen (secondary N) is 2. The molecule has 0 aromatic carbocycles. The van der Waals surface area contributed by atoms with Crippen LogP contribution in [0.15, 0.2) is 9.95 Å². The van der Waals surface area contributed by atoms with Crippen LogP contribution < -0.4 is 11.0 Å². The molecule has 0 amide bonds. The summed E-state index contributed by atoms with van der Waals surface area (Å²) in [5.41, 5.74) is -1.28. The molecule has 0 bridgehead atoms. The van der Waals surface area contributed by atoms with Crippen LogP contribution in [0, 0.1) is 0 Å². The highest BCUT2D eigenvalue weighted by atomic mass is 32.2. The van der Waals surface area contributed by atoms with E-state index in [0.29, 0.717) is 11.6 Å². The van der Waals surface area contributed by atoms with Gasteiger partial charge in [0.15, 0.2) is 5.16 Å². The molecule has 114 valence electrons. The van der Waals surface area contributed by atoms with Gasteiger partial charge in [0, 0.05) is 18.3 Å². The lowest BCUT2D eigenvalue weighted by Gasteiger charge is -2.30. The summed E-state index contributed by atoms with van der Waals surface area (Å²) in [6.45, 7) is 7.43. The van der Waals surface area contributed by atoms with Crippen molar-refractivity contribution in [3.8, 4) is 0 Å². The summed E-state index contributed by atoms with van der Waals surface area (Å²) >= 11 is 1.38. The summed E-state index contributed by atoms with van der Waals surface area (Å²) in [6.07, 6.45) is 0.423. The fraction of sp³-hybridized carbons (Fsp3) is 0.750.